The Morgan fingerprint density at radius 2 is 2.24 bits per heavy atom. The molecule has 0 amide bonds. The van der Waals surface area contributed by atoms with Crippen molar-refractivity contribution in [1.29, 1.82) is 0 Å². The molecule has 1 aromatic heterocycles. The lowest BCUT2D eigenvalue weighted by atomic mass is 9.73. The van der Waals surface area contributed by atoms with Crippen molar-refractivity contribution in [3.63, 3.8) is 0 Å². The summed E-state index contributed by atoms with van der Waals surface area (Å²) in [5, 5.41) is 3.79. The lowest BCUT2D eigenvalue weighted by Gasteiger charge is -2.40. The van der Waals surface area contributed by atoms with E-state index in [4.69, 9.17) is 0 Å². The highest BCUT2D eigenvalue weighted by molar-refractivity contribution is 5.13. The molecule has 1 aromatic rings. The number of nitrogens with one attached hydrogen (secondary N) is 1. The van der Waals surface area contributed by atoms with Gasteiger partial charge >= 0.3 is 0 Å². The Kier molecular flexibility index (Phi) is 3.82. The monoisotopic (exact) mass is 232 g/mol. The minimum atomic E-state index is 0.395. The van der Waals surface area contributed by atoms with Crippen molar-refractivity contribution < 1.29 is 0 Å². The van der Waals surface area contributed by atoms with Gasteiger partial charge in [0, 0.05) is 24.5 Å². The van der Waals surface area contributed by atoms with Crippen LogP contribution in [0.15, 0.2) is 24.5 Å². The van der Waals surface area contributed by atoms with E-state index in [0.717, 1.165) is 0 Å². The van der Waals surface area contributed by atoms with Gasteiger partial charge < -0.3 is 5.32 Å². The van der Waals surface area contributed by atoms with Gasteiger partial charge in [-0.15, -0.1) is 0 Å². The molecule has 2 nitrogen and oxygen atoms in total. The summed E-state index contributed by atoms with van der Waals surface area (Å²) in [4.78, 5) is 4.20. The van der Waals surface area contributed by atoms with Crippen LogP contribution in [0.25, 0.3) is 0 Å². The zero-order chi connectivity index (χ0) is 12.3. The molecule has 0 spiro atoms. The van der Waals surface area contributed by atoms with E-state index in [1.54, 1.807) is 0 Å². The Balaban J connectivity index is 2.00. The third-order valence-electron chi connectivity index (χ3n) is 4.14. The van der Waals surface area contributed by atoms with E-state index in [2.05, 4.69) is 37.1 Å². The summed E-state index contributed by atoms with van der Waals surface area (Å²) in [6, 6.07) is 5.19. The summed E-state index contributed by atoms with van der Waals surface area (Å²) in [5.74, 6) is 0. The molecule has 1 saturated carbocycles. The molecule has 0 aliphatic heterocycles. The Hall–Kier alpha value is -0.890. The third kappa shape index (κ3) is 3.06. The van der Waals surface area contributed by atoms with Crippen LogP contribution in [-0.2, 0) is 0 Å². The zero-order valence-corrected chi connectivity index (χ0v) is 11.2. The molecule has 1 aliphatic carbocycles. The molecular weight excluding hydrogens is 208 g/mol. The minimum Gasteiger partial charge on any atom is -0.307 e. The first kappa shape index (κ1) is 12.6. The number of nitrogens with zero attached hydrogens (tertiary/aromatic N) is 1. The van der Waals surface area contributed by atoms with Crippen LogP contribution in [-0.4, -0.2) is 11.0 Å². The number of rotatable bonds is 3. The van der Waals surface area contributed by atoms with E-state index in [9.17, 15) is 0 Å². The Labute approximate surface area is 105 Å². The molecule has 1 unspecified atom stereocenters. The van der Waals surface area contributed by atoms with Gasteiger partial charge in [0.1, 0.15) is 0 Å². The predicted molar refractivity (Wildman–Crippen MR) is 71.8 cm³/mol. The molecule has 2 heteroatoms. The van der Waals surface area contributed by atoms with Crippen molar-refractivity contribution >= 4 is 0 Å². The number of hydrogen-bond acceptors (Lipinski definition) is 2. The lowest BCUT2D eigenvalue weighted by Crippen LogP contribution is -2.45. The van der Waals surface area contributed by atoms with Crippen LogP contribution in [0, 0.1) is 5.41 Å². The van der Waals surface area contributed by atoms with Crippen LogP contribution in [0.4, 0.5) is 0 Å². The zero-order valence-electron chi connectivity index (χ0n) is 11.2. The average molecular weight is 232 g/mol. The number of pyridine rings is 1. The fraction of sp³-hybridized carbons (Fsp3) is 0.667. The maximum absolute atomic E-state index is 4.20. The lowest BCUT2D eigenvalue weighted by molar-refractivity contribution is 0.157. The van der Waals surface area contributed by atoms with Gasteiger partial charge in [-0.25, -0.2) is 0 Å². The van der Waals surface area contributed by atoms with E-state index in [1.165, 1.54) is 31.2 Å². The van der Waals surface area contributed by atoms with Gasteiger partial charge in [-0.1, -0.05) is 32.8 Å². The molecule has 0 aromatic carbocycles. The minimum absolute atomic E-state index is 0.395. The van der Waals surface area contributed by atoms with E-state index in [0.29, 0.717) is 17.5 Å². The molecule has 0 bridgehead atoms. The fourth-order valence-electron chi connectivity index (χ4n) is 2.83. The molecule has 0 saturated heterocycles. The van der Waals surface area contributed by atoms with Gasteiger partial charge in [0.05, 0.1) is 0 Å². The van der Waals surface area contributed by atoms with Crippen molar-refractivity contribution in [2.75, 3.05) is 0 Å². The quantitative estimate of drug-likeness (QED) is 0.859. The second-order valence-corrected chi connectivity index (χ2v) is 5.96. The highest BCUT2D eigenvalue weighted by Crippen LogP contribution is 2.36. The largest absolute Gasteiger partial charge is 0.307 e. The summed E-state index contributed by atoms with van der Waals surface area (Å²) < 4.78 is 0. The van der Waals surface area contributed by atoms with Gasteiger partial charge in [-0.3, -0.25) is 4.98 Å². The van der Waals surface area contributed by atoms with Crippen molar-refractivity contribution in [2.24, 2.45) is 5.41 Å². The van der Waals surface area contributed by atoms with E-state index < -0.39 is 0 Å². The Morgan fingerprint density at radius 3 is 2.88 bits per heavy atom. The molecule has 94 valence electrons. The SMILES string of the molecule is C[C@H](NC1CCCCC1(C)C)c1cccnc1. The van der Waals surface area contributed by atoms with Crippen molar-refractivity contribution in [3.05, 3.63) is 30.1 Å². The first-order chi connectivity index (χ1) is 8.09. The summed E-state index contributed by atoms with van der Waals surface area (Å²) in [5.41, 5.74) is 1.71. The summed E-state index contributed by atoms with van der Waals surface area (Å²) in [6.45, 7) is 7.02. The fourth-order valence-corrected chi connectivity index (χ4v) is 2.83. The maximum atomic E-state index is 4.20. The first-order valence-electron chi connectivity index (χ1n) is 6.75. The van der Waals surface area contributed by atoms with Crippen LogP contribution < -0.4 is 5.32 Å². The van der Waals surface area contributed by atoms with Gasteiger partial charge in [0.2, 0.25) is 0 Å². The van der Waals surface area contributed by atoms with Gasteiger partial charge in [-0.05, 0) is 36.8 Å². The summed E-state index contributed by atoms with van der Waals surface area (Å²) >= 11 is 0. The van der Waals surface area contributed by atoms with Crippen LogP contribution in [0.3, 0.4) is 0 Å². The van der Waals surface area contributed by atoms with Crippen molar-refractivity contribution in [3.8, 4) is 0 Å². The predicted octanol–water partition coefficient (Wildman–Crippen LogP) is 3.70. The third-order valence-corrected chi connectivity index (χ3v) is 4.14. The molecule has 0 radical (unpaired) electrons. The summed E-state index contributed by atoms with van der Waals surface area (Å²) in [6.07, 6.45) is 9.18. The second-order valence-electron chi connectivity index (χ2n) is 5.96. The highest BCUT2D eigenvalue weighted by atomic mass is 15.0. The molecular formula is C15H24N2. The molecule has 17 heavy (non-hydrogen) atoms. The van der Waals surface area contributed by atoms with Gasteiger partial charge in [0.25, 0.3) is 0 Å². The topological polar surface area (TPSA) is 24.9 Å². The standard InChI is InChI=1S/C15H24N2/c1-12(13-7-6-10-16-11-13)17-14-8-4-5-9-15(14,2)3/h6-7,10-12,14,17H,4-5,8-9H2,1-3H3/t12-,14?/m0/s1. The normalized spacial score (nSPS) is 25.5. The number of aromatic nitrogens is 1. The van der Waals surface area contributed by atoms with Crippen LogP contribution in [0.2, 0.25) is 0 Å². The first-order valence-corrected chi connectivity index (χ1v) is 6.75. The molecule has 1 aliphatic rings. The Morgan fingerprint density at radius 1 is 1.41 bits per heavy atom. The molecule has 1 heterocycles. The highest BCUT2D eigenvalue weighted by Gasteiger charge is 2.32. The summed E-state index contributed by atoms with van der Waals surface area (Å²) in [7, 11) is 0. The van der Waals surface area contributed by atoms with E-state index in [-0.39, 0.29) is 0 Å². The Bertz CT molecular complexity index is 345. The maximum Gasteiger partial charge on any atom is 0.0315 e. The van der Waals surface area contributed by atoms with Crippen LogP contribution >= 0.6 is 0 Å². The van der Waals surface area contributed by atoms with Gasteiger partial charge in [-0.2, -0.15) is 0 Å². The molecule has 1 N–H and O–H groups in total. The van der Waals surface area contributed by atoms with Crippen LogP contribution in [0.5, 0.6) is 0 Å². The molecule has 2 rings (SSSR count). The number of hydrogen-bond donors (Lipinski definition) is 1. The van der Waals surface area contributed by atoms with Gasteiger partial charge in [0.15, 0.2) is 0 Å². The van der Waals surface area contributed by atoms with Crippen LogP contribution in [0.1, 0.15) is 58.1 Å². The van der Waals surface area contributed by atoms with E-state index in [1.807, 2.05) is 18.5 Å². The molecule has 1 fully saturated rings. The van der Waals surface area contributed by atoms with Crippen molar-refractivity contribution in [2.45, 2.75) is 58.5 Å². The molecule has 2 atom stereocenters. The average Bonchev–Trinajstić information content (AvgIpc) is 2.33. The smallest absolute Gasteiger partial charge is 0.0315 e. The second kappa shape index (κ2) is 5.18. The van der Waals surface area contributed by atoms with Crippen molar-refractivity contribution in [1.82, 2.24) is 10.3 Å². The van der Waals surface area contributed by atoms with E-state index >= 15 is 0 Å².